The van der Waals surface area contributed by atoms with Crippen molar-refractivity contribution in [1.82, 2.24) is 0 Å². The number of nitrogens with zero attached hydrogens (tertiary/aromatic N) is 4. The van der Waals surface area contributed by atoms with Crippen LogP contribution in [-0.4, -0.2) is 24.3 Å². The molecule has 0 aromatic heterocycles. The normalized spacial score (nSPS) is 2.29. The van der Waals surface area contributed by atoms with Crippen molar-refractivity contribution >= 4 is 24.3 Å². The Morgan fingerprint density at radius 3 is 0.571 bits per heavy atom. The van der Waals surface area contributed by atoms with Crippen LogP contribution in [0.3, 0.4) is 0 Å². The predicted molar refractivity (Wildman–Crippen MR) is 36.2 cm³/mol. The van der Waals surface area contributed by atoms with E-state index in [0.717, 1.165) is 0 Å². The van der Waals surface area contributed by atoms with Gasteiger partial charge in [-0.15, -0.1) is 0 Å². The van der Waals surface area contributed by atoms with Crippen molar-refractivity contribution in [2.75, 3.05) is 0 Å². The molecule has 0 aliphatic carbocycles. The molecule has 10 heteroatoms. The molecule has 0 saturated heterocycles. The third kappa shape index (κ3) is 132000. The van der Waals surface area contributed by atoms with E-state index >= 15 is 0 Å². The van der Waals surface area contributed by atoms with Crippen molar-refractivity contribution < 1.29 is 92.9 Å². The summed E-state index contributed by atoms with van der Waals surface area (Å²) in [6, 6.07) is 0. The summed E-state index contributed by atoms with van der Waals surface area (Å²) in [4.78, 5) is 32.9. The zero-order chi connectivity index (χ0) is 10.8. The summed E-state index contributed by atoms with van der Waals surface area (Å²) >= 11 is 0. The number of isocyanates is 4. The van der Waals surface area contributed by atoms with Gasteiger partial charge in [0.05, 0.1) is 0 Å². The van der Waals surface area contributed by atoms with Crippen LogP contribution in [0.4, 0.5) is 0 Å². The van der Waals surface area contributed by atoms with Crippen molar-refractivity contribution in [2.24, 2.45) is 0 Å². The molecular weight excluding hydrogens is 404 g/mol. The first-order valence-electron chi connectivity index (χ1n) is 1.71. The van der Waals surface area contributed by atoms with Crippen molar-refractivity contribution in [3.8, 4) is 0 Å². The van der Waals surface area contributed by atoms with Gasteiger partial charge in [-0.1, -0.05) is 0 Å². The average molecular weight is 404 g/mol. The number of hydrogen-bond acceptors (Lipinski definition) is 4. The van der Waals surface area contributed by atoms with Crippen LogP contribution in [0.5, 0.6) is 0 Å². The fraction of sp³-hybridized carbons (Fsp3) is 0. The molecule has 0 spiro atoms. The number of carbonyl (C=O) groups excluding carboxylic acids is 4. The second kappa shape index (κ2) is 120. The van der Waals surface area contributed by atoms with Crippen LogP contribution in [-0.2, 0) is 41.6 Å². The molecule has 0 N–H and O–H groups in total. The van der Waals surface area contributed by atoms with E-state index in [4.69, 9.17) is 40.8 Å². The van der Waals surface area contributed by atoms with Crippen LogP contribution < -0.4 is 51.4 Å². The SMILES string of the molecule is [Au+3].[K+].[N-]=C=O.[N-]=C=O.[N-]=C=O.[N-]=C=O. The zero-order valence-corrected chi connectivity index (χ0v) is 12.0. The molecule has 0 radical (unpaired) electrons. The summed E-state index contributed by atoms with van der Waals surface area (Å²) in [5, 5.41) is 27.1. The van der Waals surface area contributed by atoms with Crippen LogP contribution >= 0.6 is 0 Å². The van der Waals surface area contributed by atoms with E-state index in [1.807, 2.05) is 0 Å². The van der Waals surface area contributed by atoms with E-state index in [0.29, 0.717) is 24.3 Å². The minimum Gasteiger partial charge on any atom is -0.724 e. The first kappa shape index (κ1) is 37.1. The van der Waals surface area contributed by atoms with E-state index in [1.54, 1.807) is 0 Å². The Balaban J connectivity index is -0.0000000145. The molecule has 0 aromatic rings. The van der Waals surface area contributed by atoms with Gasteiger partial charge in [0.2, 0.25) is 0 Å². The zero-order valence-electron chi connectivity index (χ0n) is 6.72. The van der Waals surface area contributed by atoms with E-state index in [2.05, 4.69) is 0 Å². The summed E-state index contributed by atoms with van der Waals surface area (Å²) in [7, 11) is 0. The van der Waals surface area contributed by atoms with E-state index in [9.17, 15) is 0 Å². The van der Waals surface area contributed by atoms with Crippen molar-refractivity contribution in [2.45, 2.75) is 0 Å². The second-order valence-electron chi connectivity index (χ2n) is 0.365. The Bertz CT molecular complexity index is 161. The van der Waals surface area contributed by atoms with Gasteiger partial charge in [0.25, 0.3) is 0 Å². The standard InChI is InChI=1S/4CNO.Au.K/c4*2-1-3;;/q4*-1;+3;+1. The summed E-state index contributed by atoms with van der Waals surface area (Å²) < 4.78 is 0. The van der Waals surface area contributed by atoms with Crippen molar-refractivity contribution in [3.05, 3.63) is 21.6 Å². The molecule has 0 aliphatic heterocycles. The third-order valence-corrected chi connectivity index (χ3v) is 0. The predicted octanol–water partition coefficient (Wildman–Crippen LogP) is -3.43. The van der Waals surface area contributed by atoms with Gasteiger partial charge in [-0.05, 0) is 24.3 Å². The summed E-state index contributed by atoms with van der Waals surface area (Å²) in [5.41, 5.74) is 0. The number of hydrogen-bond donors (Lipinski definition) is 0. The summed E-state index contributed by atoms with van der Waals surface area (Å²) in [6.45, 7) is 0. The molecule has 0 bridgehead atoms. The molecule has 72 valence electrons. The maximum absolute atomic E-state index is 8.24. The smallest absolute Gasteiger partial charge is 0.724 e. The second-order valence-corrected chi connectivity index (χ2v) is 0.365. The van der Waals surface area contributed by atoms with E-state index < -0.39 is 0 Å². The molecule has 0 fully saturated rings. The fourth-order valence-electron chi connectivity index (χ4n) is 0. The Morgan fingerprint density at radius 2 is 0.571 bits per heavy atom. The van der Waals surface area contributed by atoms with Gasteiger partial charge >= 0.3 is 73.8 Å². The molecule has 0 rings (SSSR count). The Labute approximate surface area is 137 Å². The molecule has 0 atom stereocenters. The summed E-state index contributed by atoms with van der Waals surface area (Å²) in [6.07, 6.45) is 2.00. The third-order valence-electron chi connectivity index (χ3n) is 0. The topological polar surface area (TPSA) is 157 Å². The molecule has 0 aromatic carbocycles. The van der Waals surface area contributed by atoms with Crippen LogP contribution in [0.25, 0.3) is 21.6 Å². The monoisotopic (exact) mass is 404 g/mol. The molecule has 0 heterocycles. The minimum absolute atomic E-state index is 0. The van der Waals surface area contributed by atoms with E-state index in [-0.39, 0.29) is 73.8 Å². The molecule has 8 nitrogen and oxygen atoms in total. The molecule has 0 amide bonds. The van der Waals surface area contributed by atoms with Crippen LogP contribution in [0, 0.1) is 0 Å². The molecule has 0 aliphatic rings. The van der Waals surface area contributed by atoms with Gasteiger partial charge in [0, 0.05) is 0 Å². The molecule has 14 heavy (non-hydrogen) atoms. The van der Waals surface area contributed by atoms with Crippen molar-refractivity contribution in [3.63, 3.8) is 0 Å². The Kier molecular flexibility index (Phi) is 318. The first-order chi connectivity index (χ1) is 5.66. The quantitative estimate of drug-likeness (QED) is 0.234. The molecule has 0 unspecified atom stereocenters. The van der Waals surface area contributed by atoms with Crippen LogP contribution in [0.2, 0.25) is 0 Å². The van der Waals surface area contributed by atoms with Gasteiger partial charge < -0.3 is 21.6 Å². The van der Waals surface area contributed by atoms with E-state index in [1.165, 1.54) is 0 Å². The van der Waals surface area contributed by atoms with Crippen LogP contribution in [0.15, 0.2) is 0 Å². The maximum atomic E-state index is 8.24. The van der Waals surface area contributed by atoms with Crippen LogP contribution in [0.1, 0.15) is 0 Å². The largest absolute Gasteiger partial charge is 3.00 e. The minimum atomic E-state index is 0. The first-order valence-corrected chi connectivity index (χ1v) is 1.71. The summed E-state index contributed by atoms with van der Waals surface area (Å²) in [5.74, 6) is 0. The van der Waals surface area contributed by atoms with Crippen molar-refractivity contribution in [1.29, 1.82) is 0 Å². The van der Waals surface area contributed by atoms with Gasteiger partial charge in [-0.3, -0.25) is 19.2 Å². The average Bonchev–Trinajstić information content (AvgIpc) is 1.92. The maximum Gasteiger partial charge on any atom is 3.00 e. The molecular formula is C4AuKN4O4. The Hall–Kier alpha value is -0.103. The number of rotatable bonds is 0. The Morgan fingerprint density at radius 1 is 0.571 bits per heavy atom. The van der Waals surface area contributed by atoms with Gasteiger partial charge in [0.15, 0.2) is 0 Å². The van der Waals surface area contributed by atoms with Gasteiger partial charge in [0.1, 0.15) is 0 Å². The molecule has 0 saturated carbocycles. The van der Waals surface area contributed by atoms with Gasteiger partial charge in [-0.25, -0.2) is 0 Å². The van der Waals surface area contributed by atoms with Gasteiger partial charge in [-0.2, -0.15) is 0 Å². The fourth-order valence-corrected chi connectivity index (χ4v) is 0.